The number of rotatable bonds is 48. The lowest BCUT2D eigenvalue weighted by Crippen LogP contribution is -2.30. The molecular formula is C57H100O5. The van der Waals surface area contributed by atoms with Gasteiger partial charge in [-0.25, -0.2) is 0 Å². The van der Waals surface area contributed by atoms with Gasteiger partial charge in [-0.1, -0.05) is 222 Å². The molecule has 62 heavy (non-hydrogen) atoms. The minimum atomic E-state index is -0.553. The smallest absolute Gasteiger partial charge is 0.306 e. The Kier molecular flexibility index (Phi) is 50.4. The molecule has 5 heteroatoms. The summed E-state index contributed by atoms with van der Waals surface area (Å²) in [7, 11) is 0. The van der Waals surface area contributed by atoms with Gasteiger partial charge in [-0.05, 0) is 89.9 Å². The van der Waals surface area contributed by atoms with E-state index in [-0.39, 0.29) is 25.2 Å². The fraction of sp³-hybridized carbons (Fsp3) is 0.754. The molecule has 0 radical (unpaired) electrons. The molecular weight excluding hydrogens is 765 g/mol. The second-order valence-electron chi connectivity index (χ2n) is 17.4. The molecule has 0 aromatic rings. The molecule has 0 aromatic carbocycles. The van der Waals surface area contributed by atoms with E-state index in [2.05, 4.69) is 93.7 Å². The fourth-order valence-corrected chi connectivity index (χ4v) is 7.30. The van der Waals surface area contributed by atoms with Gasteiger partial charge in [-0.3, -0.25) is 9.59 Å². The largest absolute Gasteiger partial charge is 0.462 e. The summed E-state index contributed by atoms with van der Waals surface area (Å²) in [5, 5.41) is 0. The van der Waals surface area contributed by atoms with Crippen LogP contribution >= 0.6 is 0 Å². The number of hydrogen-bond acceptors (Lipinski definition) is 5. The highest BCUT2D eigenvalue weighted by Gasteiger charge is 2.17. The Hall–Kier alpha value is -2.66. The molecule has 358 valence electrons. The molecule has 0 aromatic heterocycles. The second kappa shape index (κ2) is 52.7. The molecule has 0 saturated carbocycles. The zero-order valence-corrected chi connectivity index (χ0v) is 41.1. The van der Waals surface area contributed by atoms with Crippen molar-refractivity contribution < 1.29 is 23.8 Å². The molecule has 0 rings (SSSR count). The van der Waals surface area contributed by atoms with Crippen LogP contribution in [-0.2, 0) is 23.8 Å². The third kappa shape index (κ3) is 50.0. The molecule has 0 aliphatic heterocycles. The van der Waals surface area contributed by atoms with Crippen LogP contribution in [0.1, 0.15) is 252 Å². The summed E-state index contributed by atoms with van der Waals surface area (Å²) in [6.45, 7) is 7.64. The van der Waals surface area contributed by atoms with Crippen LogP contribution in [0.2, 0.25) is 0 Å². The lowest BCUT2D eigenvalue weighted by atomic mass is 10.0. The minimum Gasteiger partial charge on any atom is -0.462 e. The van der Waals surface area contributed by atoms with E-state index in [1.54, 1.807) is 0 Å². The standard InChI is InChI=1S/C57H100O5/c1-4-7-10-13-16-19-22-25-27-28-29-30-31-33-35-38-41-44-47-50-56(58)61-54-55(53-60-52-49-46-43-40-37-34-26-23-20-17-14-11-8-5-2)62-57(59)51-48-45-42-39-36-32-24-21-18-15-12-9-6-3/h8,11,16-17,19-20,25-27,29-30,34,55H,4-7,9-10,12-15,18,21-24,28,31-33,35-54H2,1-3H3/b11-8-,19-16-,20-17-,27-25-,30-29-,34-26-. The first kappa shape index (κ1) is 59.3. The van der Waals surface area contributed by atoms with E-state index >= 15 is 0 Å². The lowest BCUT2D eigenvalue weighted by Gasteiger charge is -2.18. The van der Waals surface area contributed by atoms with Crippen molar-refractivity contribution in [2.45, 2.75) is 258 Å². The first-order valence-corrected chi connectivity index (χ1v) is 26.5. The van der Waals surface area contributed by atoms with E-state index in [0.29, 0.717) is 19.4 Å². The quantitative estimate of drug-likeness (QED) is 0.0346. The van der Waals surface area contributed by atoms with Gasteiger partial charge in [0.05, 0.1) is 6.61 Å². The van der Waals surface area contributed by atoms with Gasteiger partial charge in [0.1, 0.15) is 6.61 Å². The van der Waals surface area contributed by atoms with Crippen LogP contribution in [0.3, 0.4) is 0 Å². The van der Waals surface area contributed by atoms with Gasteiger partial charge in [0.25, 0.3) is 0 Å². The van der Waals surface area contributed by atoms with Crippen LogP contribution in [0.25, 0.3) is 0 Å². The van der Waals surface area contributed by atoms with Gasteiger partial charge in [0, 0.05) is 19.4 Å². The first-order valence-electron chi connectivity index (χ1n) is 26.5. The average molecular weight is 865 g/mol. The number of esters is 2. The number of unbranched alkanes of at least 4 members (excludes halogenated alkanes) is 25. The first-order chi connectivity index (χ1) is 30.6. The van der Waals surface area contributed by atoms with Crippen molar-refractivity contribution in [3.63, 3.8) is 0 Å². The van der Waals surface area contributed by atoms with Crippen molar-refractivity contribution in [3.8, 4) is 0 Å². The summed E-state index contributed by atoms with van der Waals surface area (Å²) >= 11 is 0. The molecule has 0 fully saturated rings. The predicted molar refractivity (Wildman–Crippen MR) is 270 cm³/mol. The van der Waals surface area contributed by atoms with E-state index in [0.717, 1.165) is 89.9 Å². The number of allylic oxidation sites excluding steroid dienone is 12. The van der Waals surface area contributed by atoms with E-state index < -0.39 is 6.10 Å². The van der Waals surface area contributed by atoms with Crippen LogP contribution < -0.4 is 0 Å². The Bertz CT molecular complexity index is 1110. The molecule has 5 nitrogen and oxygen atoms in total. The highest BCUT2D eigenvalue weighted by atomic mass is 16.6. The van der Waals surface area contributed by atoms with E-state index in [1.807, 2.05) is 0 Å². The number of ether oxygens (including phenoxy) is 3. The van der Waals surface area contributed by atoms with E-state index in [9.17, 15) is 9.59 Å². The normalized spacial score (nSPS) is 12.8. The molecule has 0 heterocycles. The van der Waals surface area contributed by atoms with Crippen molar-refractivity contribution in [2.75, 3.05) is 19.8 Å². The van der Waals surface area contributed by atoms with Crippen LogP contribution in [0.4, 0.5) is 0 Å². The molecule has 0 aliphatic rings. The van der Waals surface area contributed by atoms with E-state index in [1.165, 1.54) is 128 Å². The van der Waals surface area contributed by atoms with Gasteiger partial charge in [-0.15, -0.1) is 0 Å². The Morgan fingerprint density at radius 1 is 0.371 bits per heavy atom. The highest BCUT2D eigenvalue weighted by molar-refractivity contribution is 5.70. The van der Waals surface area contributed by atoms with Crippen molar-refractivity contribution >= 4 is 11.9 Å². The highest BCUT2D eigenvalue weighted by Crippen LogP contribution is 2.15. The van der Waals surface area contributed by atoms with Crippen LogP contribution in [0.15, 0.2) is 72.9 Å². The summed E-state index contributed by atoms with van der Waals surface area (Å²) in [5.41, 5.74) is 0. The fourth-order valence-electron chi connectivity index (χ4n) is 7.30. The molecule has 0 spiro atoms. The monoisotopic (exact) mass is 865 g/mol. The van der Waals surface area contributed by atoms with Gasteiger partial charge < -0.3 is 14.2 Å². The third-order valence-corrected chi connectivity index (χ3v) is 11.2. The average Bonchev–Trinajstić information content (AvgIpc) is 3.27. The van der Waals surface area contributed by atoms with E-state index in [4.69, 9.17) is 14.2 Å². The SMILES string of the molecule is CC/C=C\C/C=C\C/C=C\CCCCCCOCC(COC(=O)CCCCCCCC/C=C\C/C=C\C/C=C\CCCCC)OC(=O)CCCCCCCCCCCCCCC. The summed E-state index contributed by atoms with van der Waals surface area (Å²) in [6.07, 6.45) is 67.6. The van der Waals surface area contributed by atoms with Crippen LogP contribution in [0.5, 0.6) is 0 Å². The number of hydrogen-bond donors (Lipinski definition) is 0. The Balaban J connectivity index is 4.29. The lowest BCUT2D eigenvalue weighted by molar-refractivity contribution is -0.163. The summed E-state index contributed by atoms with van der Waals surface area (Å²) in [6, 6.07) is 0. The molecule has 0 amide bonds. The van der Waals surface area contributed by atoms with Gasteiger partial charge in [0.2, 0.25) is 0 Å². The maximum atomic E-state index is 12.8. The van der Waals surface area contributed by atoms with Gasteiger partial charge >= 0.3 is 11.9 Å². The van der Waals surface area contributed by atoms with Gasteiger partial charge in [0.15, 0.2) is 6.10 Å². The molecule has 1 unspecified atom stereocenters. The summed E-state index contributed by atoms with van der Waals surface area (Å²) in [4.78, 5) is 25.4. The van der Waals surface area contributed by atoms with Gasteiger partial charge in [-0.2, -0.15) is 0 Å². The Morgan fingerprint density at radius 3 is 1.19 bits per heavy atom. The van der Waals surface area contributed by atoms with Crippen molar-refractivity contribution in [1.82, 2.24) is 0 Å². The number of carbonyl (C=O) groups is 2. The van der Waals surface area contributed by atoms with Crippen LogP contribution in [0, 0.1) is 0 Å². The maximum Gasteiger partial charge on any atom is 0.306 e. The number of carbonyl (C=O) groups excluding carboxylic acids is 2. The molecule has 0 bridgehead atoms. The summed E-state index contributed by atoms with van der Waals surface area (Å²) in [5.74, 6) is -0.419. The van der Waals surface area contributed by atoms with Crippen molar-refractivity contribution in [3.05, 3.63) is 72.9 Å². The summed E-state index contributed by atoms with van der Waals surface area (Å²) < 4.78 is 17.4. The minimum absolute atomic E-state index is 0.0691. The van der Waals surface area contributed by atoms with Crippen molar-refractivity contribution in [2.24, 2.45) is 0 Å². The zero-order chi connectivity index (χ0) is 44.9. The third-order valence-electron chi connectivity index (χ3n) is 11.2. The van der Waals surface area contributed by atoms with Crippen LogP contribution in [-0.4, -0.2) is 37.9 Å². The topological polar surface area (TPSA) is 61.8 Å². The second-order valence-corrected chi connectivity index (χ2v) is 17.4. The predicted octanol–water partition coefficient (Wildman–Crippen LogP) is 17.9. The molecule has 0 saturated heterocycles. The molecule has 0 aliphatic carbocycles. The van der Waals surface area contributed by atoms with Crippen molar-refractivity contribution in [1.29, 1.82) is 0 Å². The molecule has 0 N–H and O–H groups in total. The Morgan fingerprint density at radius 2 is 0.726 bits per heavy atom. The molecule has 1 atom stereocenters. The zero-order valence-electron chi connectivity index (χ0n) is 41.1. The maximum absolute atomic E-state index is 12.8. The Labute approximate surface area is 385 Å².